The molecule has 0 saturated carbocycles. The molecule has 0 spiro atoms. The van der Waals surface area contributed by atoms with Gasteiger partial charge in [-0.1, -0.05) is 34.1 Å². The van der Waals surface area contributed by atoms with Crippen LogP contribution in [0.1, 0.15) is 18.3 Å². The molecule has 136 valence electrons. The molecule has 0 fully saturated rings. The average Bonchev–Trinajstić information content (AvgIpc) is 3.04. The van der Waals surface area contributed by atoms with Crippen LogP contribution in [0.25, 0.3) is 22.1 Å². The van der Waals surface area contributed by atoms with Crippen molar-refractivity contribution in [3.8, 4) is 11.5 Å². The van der Waals surface area contributed by atoms with Crippen LogP contribution in [-0.2, 0) is 0 Å². The van der Waals surface area contributed by atoms with Crippen molar-refractivity contribution in [3.05, 3.63) is 52.3 Å². The minimum absolute atomic E-state index is 0.0930. The summed E-state index contributed by atoms with van der Waals surface area (Å²) in [6.45, 7) is 2.23. The number of H-pyrrole nitrogens is 1. The van der Waals surface area contributed by atoms with Crippen LogP contribution < -0.4 is 10.6 Å². The van der Waals surface area contributed by atoms with E-state index in [1.807, 2.05) is 31.2 Å². The Balaban J connectivity index is 1.87. The third-order valence-electron chi connectivity index (χ3n) is 4.06. The van der Waals surface area contributed by atoms with Crippen molar-refractivity contribution in [2.75, 3.05) is 6.61 Å². The Labute approximate surface area is 162 Å². The summed E-state index contributed by atoms with van der Waals surface area (Å²) in [7, 11) is 0. The number of benzene rings is 2. The number of ether oxygens (including phenoxy) is 1. The number of fused-ring (bicyclic) bond motifs is 3. The molecule has 2 aromatic heterocycles. The zero-order valence-electron chi connectivity index (χ0n) is 14.3. The highest BCUT2D eigenvalue weighted by Crippen LogP contribution is 2.35. The van der Waals surface area contributed by atoms with Gasteiger partial charge >= 0.3 is 0 Å². The van der Waals surface area contributed by atoms with Crippen LogP contribution >= 0.6 is 15.9 Å². The summed E-state index contributed by atoms with van der Waals surface area (Å²) in [5.74, 6) is 6.00. The van der Waals surface area contributed by atoms with Gasteiger partial charge < -0.3 is 20.7 Å². The molecule has 0 saturated heterocycles. The monoisotopic (exact) mass is 426 g/mol. The van der Waals surface area contributed by atoms with Crippen LogP contribution in [0.4, 0.5) is 0 Å². The van der Waals surface area contributed by atoms with Crippen molar-refractivity contribution in [2.45, 2.75) is 6.92 Å². The molecule has 0 aliphatic rings. The van der Waals surface area contributed by atoms with Crippen LogP contribution in [0.3, 0.4) is 0 Å². The first-order chi connectivity index (χ1) is 13.1. The Morgan fingerprint density at radius 1 is 1.30 bits per heavy atom. The van der Waals surface area contributed by atoms with E-state index in [0.29, 0.717) is 33.6 Å². The highest BCUT2D eigenvalue weighted by Gasteiger charge is 2.21. The van der Waals surface area contributed by atoms with E-state index >= 15 is 0 Å². The van der Waals surface area contributed by atoms with E-state index < -0.39 is 0 Å². The van der Waals surface area contributed by atoms with Crippen molar-refractivity contribution >= 4 is 43.7 Å². The van der Waals surface area contributed by atoms with Crippen LogP contribution in [0.5, 0.6) is 11.5 Å². The quantitative estimate of drug-likeness (QED) is 0.261. The SMILES string of the molecule is CCOc1cc(Br)cc(/C(=N\N)c2nnc3c(n2)[nH]c2ccccc23)c1O. The number of para-hydroxylation sites is 1. The number of rotatable bonds is 4. The molecule has 0 radical (unpaired) electrons. The maximum absolute atomic E-state index is 10.6. The van der Waals surface area contributed by atoms with Gasteiger partial charge in [0.1, 0.15) is 11.2 Å². The van der Waals surface area contributed by atoms with E-state index in [1.54, 1.807) is 12.1 Å². The Morgan fingerprint density at radius 2 is 2.11 bits per heavy atom. The van der Waals surface area contributed by atoms with Gasteiger partial charge in [0.2, 0.25) is 5.82 Å². The zero-order chi connectivity index (χ0) is 19.0. The summed E-state index contributed by atoms with van der Waals surface area (Å²) in [6.07, 6.45) is 0. The molecule has 0 aliphatic carbocycles. The maximum atomic E-state index is 10.6. The maximum Gasteiger partial charge on any atom is 0.204 e. The Bertz CT molecular complexity index is 1190. The fourth-order valence-electron chi connectivity index (χ4n) is 2.89. The van der Waals surface area contributed by atoms with E-state index in [9.17, 15) is 5.11 Å². The molecule has 0 unspecified atom stereocenters. The summed E-state index contributed by atoms with van der Waals surface area (Å²) in [6, 6.07) is 11.1. The number of nitrogens with zero attached hydrogens (tertiary/aromatic N) is 4. The smallest absolute Gasteiger partial charge is 0.204 e. The Hall–Kier alpha value is -3.20. The molecule has 27 heavy (non-hydrogen) atoms. The minimum Gasteiger partial charge on any atom is -0.504 e. The number of hydrogen-bond donors (Lipinski definition) is 3. The first-order valence-corrected chi connectivity index (χ1v) is 8.96. The number of phenolic OH excluding ortho intramolecular Hbond substituents is 1. The van der Waals surface area contributed by atoms with E-state index in [4.69, 9.17) is 10.6 Å². The van der Waals surface area contributed by atoms with Gasteiger partial charge in [0.15, 0.2) is 17.1 Å². The molecule has 4 N–H and O–H groups in total. The van der Waals surface area contributed by atoms with Gasteiger partial charge in [0.05, 0.1) is 12.2 Å². The van der Waals surface area contributed by atoms with Crippen molar-refractivity contribution < 1.29 is 9.84 Å². The normalized spacial score (nSPS) is 12.0. The number of halogens is 1. The highest BCUT2D eigenvalue weighted by atomic mass is 79.9. The Kier molecular flexibility index (Phi) is 4.36. The first-order valence-electron chi connectivity index (χ1n) is 8.17. The summed E-state index contributed by atoms with van der Waals surface area (Å²) in [4.78, 5) is 7.70. The zero-order valence-corrected chi connectivity index (χ0v) is 15.9. The topological polar surface area (TPSA) is 122 Å². The van der Waals surface area contributed by atoms with Gasteiger partial charge in [-0.05, 0) is 25.1 Å². The first kappa shape index (κ1) is 17.2. The molecule has 2 heterocycles. The number of aromatic nitrogens is 4. The molecule has 4 rings (SSSR count). The van der Waals surface area contributed by atoms with Gasteiger partial charge in [-0.3, -0.25) is 0 Å². The molecule has 0 bridgehead atoms. The molecule has 0 aliphatic heterocycles. The average molecular weight is 427 g/mol. The lowest BCUT2D eigenvalue weighted by Crippen LogP contribution is -2.13. The number of nitrogens with one attached hydrogen (secondary N) is 1. The van der Waals surface area contributed by atoms with Crippen LogP contribution in [-0.4, -0.2) is 37.6 Å². The molecular weight excluding hydrogens is 412 g/mol. The number of aromatic hydroxyl groups is 1. The van der Waals surface area contributed by atoms with Crippen LogP contribution in [0, 0.1) is 0 Å². The van der Waals surface area contributed by atoms with E-state index in [0.717, 1.165) is 10.9 Å². The van der Waals surface area contributed by atoms with Crippen LogP contribution in [0.15, 0.2) is 46.0 Å². The predicted octanol–water partition coefficient (Wildman–Crippen LogP) is 3.08. The molecule has 9 heteroatoms. The summed E-state index contributed by atoms with van der Waals surface area (Å²) in [5, 5.41) is 23.7. The standard InChI is InChI=1S/C18H15BrN6O2/c1-2-27-13-8-9(19)7-11(16(13)26)14(23-20)18-22-17-15(24-25-18)10-5-3-4-6-12(10)21-17/h3-8,26H,2,20H2,1H3,(H,21,22,25)/b23-14+. The number of aromatic amines is 1. The van der Waals surface area contributed by atoms with Gasteiger partial charge in [0, 0.05) is 15.4 Å². The largest absolute Gasteiger partial charge is 0.504 e. The lowest BCUT2D eigenvalue weighted by molar-refractivity contribution is 0.317. The second kappa shape index (κ2) is 6.84. The third kappa shape index (κ3) is 2.95. The second-order valence-corrected chi connectivity index (χ2v) is 6.63. The fourth-order valence-corrected chi connectivity index (χ4v) is 3.33. The fraction of sp³-hybridized carbons (Fsp3) is 0.111. The number of hydrogen-bond acceptors (Lipinski definition) is 7. The molecule has 4 aromatic rings. The molecule has 2 aromatic carbocycles. The lowest BCUT2D eigenvalue weighted by atomic mass is 10.1. The van der Waals surface area contributed by atoms with Gasteiger partial charge in [-0.2, -0.15) is 5.10 Å². The van der Waals surface area contributed by atoms with Gasteiger partial charge in [-0.15, -0.1) is 10.2 Å². The van der Waals surface area contributed by atoms with E-state index in [-0.39, 0.29) is 17.3 Å². The second-order valence-electron chi connectivity index (χ2n) is 5.71. The van der Waals surface area contributed by atoms with Crippen LogP contribution in [0.2, 0.25) is 0 Å². The summed E-state index contributed by atoms with van der Waals surface area (Å²) >= 11 is 3.40. The lowest BCUT2D eigenvalue weighted by Gasteiger charge is -2.12. The number of nitrogens with two attached hydrogens (primary N) is 1. The van der Waals surface area contributed by atoms with Crippen molar-refractivity contribution in [2.24, 2.45) is 10.9 Å². The molecule has 0 atom stereocenters. The van der Waals surface area contributed by atoms with Crippen molar-refractivity contribution in [3.63, 3.8) is 0 Å². The van der Waals surface area contributed by atoms with E-state index in [2.05, 4.69) is 41.2 Å². The third-order valence-corrected chi connectivity index (χ3v) is 4.52. The molecular formula is C18H15BrN6O2. The van der Waals surface area contributed by atoms with Gasteiger partial charge in [0.25, 0.3) is 0 Å². The Morgan fingerprint density at radius 3 is 2.89 bits per heavy atom. The predicted molar refractivity (Wildman–Crippen MR) is 106 cm³/mol. The summed E-state index contributed by atoms with van der Waals surface area (Å²) < 4.78 is 6.15. The van der Waals surface area contributed by atoms with Crippen molar-refractivity contribution in [1.82, 2.24) is 20.2 Å². The van der Waals surface area contributed by atoms with Crippen molar-refractivity contribution in [1.29, 1.82) is 0 Å². The summed E-state index contributed by atoms with van der Waals surface area (Å²) in [5.41, 5.74) is 2.65. The number of phenols is 1. The van der Waals surface area contributed by atoms with E-state index in [1.165, 1.54) is 0 Å². The van der Waals surface area contributed by atoms with Gasteiger partial charge in [-0.25, -0.2) is 4.98 Å². The molecule has 0 amide bonds. The molecule has 8 nitrogen and oxygen atoms in total. The minimum atomic E-state index is -0.0930. The highest BCUT2D eigenvalue weighted by molar-refractivity contribution is 9.10. The number of hydrazone groups is 1.